The Kier molecular flexibility index (Phi) is 4.84. The first-order valence-electron chi connectivity index (χ1n) is 4.39. The first kappa shape index (κ1) is 12.6. The van der Waals surface area contributed by atoms with Crippen LogP contribution >= 0.6 is 23.2 Å². The fourth-order valence-corrected chi connectivity index (χ4v) is 1.22. The van der Waals surface area contributed by atoms with E-state index in [9.17, 15) is 4.79 Å². The van der Waals surface area contributed by atoms with Gasteiger partial charge in [0.25, 0.3) is 0 Å². The summed E-state index contributed by atoms with van der Waals surface area (Å²) < 4.78 is 0. The van der Waals surface area contributed by atoms with E-state index in [-0.39, 0.29) is 11.5 Å². The van der Waals surface area contributed by atoms with Crippen molar-refractivity contribution in [3.05, 3.63) is 41.1 Å². The normalized spacial score (nSPS) is 10.7. The van der Waals surface area contributed by atoms with E-state index in [1.807, 2.05) is 0 Å². The zero-order valence-electron chi connectivity index (χ0n) is 8.21. The molecule has 1 aromatic rings. The molecule has 0 saturated heterocycles. The van der Waals surface area contributed by atoms with Crippen molar-refractivity contribution in [1.29, 1.82) is 5.26 Å². The van der Waals surface area contributed by atoms with Crippen molar-refractivity contribution in [3.63, 3.8) is 0 Å². The van der Waals surface area contributed by atoms with Crippen LogP contribution in [0.15, 0.2) is 36.0 Å². The lowest BCUT2D eigenvalue weighted by Gasteiger charge is -2.01. The van der Waals surface area contributed by atoms with Crippen molar-refractivity contribution in [2.45, 2.75) is 0 Å². The molecule has 1 rings (SSSR count). The maximum atomic E-state index is 11.1. The van der Waals surface area contributed by atoms with Crippen molar-refractivity contribution in [1.82, 2.24) is 0 Å². The van der Waals surface area contributed by atoms with Gasteiger partial charge in [0.05, 0.1) is 5.88 Å². The smallest absolute Gasteiger partial charge is 0.189 e. The van der Waals surface area contributed by atoms with E-state index in [0.29, 0.717) is 5.02 Å². The predicted molar refractivity (Wildman–Crippen MR) is 64.5 cm³/mol. The average Bonchev–Trinajstić information content (AvgIpc) is 2.31. The second-order valence-electron chi connectivity index (χ2n) is 2.88. The van der Waals surface area contributed by atoms with Gasteiger partial charge in [-0.1, -0.05) is 11.6 Å². The number of alkyl halides is 1. The van der Waals surface area contributed by atoms with Gasteiger partial charge in [0.15, 0.2) is 5.78 Å². The zero-order chi connectivity index (χ0) is 12.0. The molecule has 0 heterocycles. The molecule has 1 aromatic carbocycles. The molecule has 0 fully saturated rings. The van der Waals surface area contributed by atoms with Gasteiger partial charge >= 0.3 is 0 Å². The SMILES string of the molecule is N#C/C(=C\Nc1ccc(Cl)cc1)C(=O)CCl. The van der Waals surface area contributed by atoms with Crippen LogP contribution in [0.3, 0.4) is 0 Å². The summed E-state index contributed by atoms with van der Waals surface area (Å²) in [5.41, 5.74) is 0.726. The summed E-state index contributed by atoms with van der Waals surface area (Å²) >= 11 is 11.0. The summed E-state index contributed by atoms with van der Waals surface area (Å²) in [6.45, 7) is 0. The third-order valence-corrected chi connectivity index (χ3v) is 2.26. The highest BCUT2D eigenvalue weighted by Gasteiger charge is 2.06. The van der Waals surface area contributed by atoms with Gasteiger partial charge in [-0.05, 0) is 24.3 Å². The average molecular weight is 255 g/mol. The second-order valence-corrected chi connectivity index (χ2v) is 3.58. The molecule has 5 heteroatoms. The standard InChI is InChI=1S/C11H8Cl2N2O/c12-5-11(16)8(6-14)7-15-10-3-1-9(13)2-4-10/h1-4,7,15H,5H2/b8-7+. The van der Waals surface area contributed by atoms with Gasteiger partial charge in [0, 0.05) is 16.9 Å². The van der Waals surface area contributed by atoms with Crippen LogP contribution in [0.2, 0.25) is 5.02 Å². The summed E-state index contributed by atoms with van der Waals surface area (Å²) in [6, 6.07) is 8.65. The van der Waals surface area contributed by atoms with E-state index >= 15 is 0 Å². The number of ketones is 1. The number of allylic oxidation sites excluding steroid dienone is 1. The molecule has 0 saturated carbocycles. The van der Waals surface area contributed by atoms with E-state index < -0.39 is 5.78 Å². The second kappa shape index (κ2) is 6.16. The minimum atomic E-state index is -0.411. The first-order chi connectivity index (χ1) is 7.67. The van der Waals surface area contributed by atoms with Crippen molar-refractivity contribution in [2.24, 2.45) is 0 Å². The van der Waals surface area contributed by atoms with Crippen molar-refractivity contribution in [2.75, 3.05) is 11.2 Å². The predicted octanol–water partition coefficient (Wildman–Crippen LogP) is 2.97. The molecule has 0 atom stereocenters. The third kappa shape index (κ3) is 3.58. The number of nitrogens with one attached hydrogen (secondary N) is 1. The number of carbonyl (C=O) groups excluding carboxylic acids is 1. The number of hydrogen-bond donors (Lipinski definition) is 1. The Labute approximate surface area is 103 Å². The van der Waals surface area contributed by atoms with Crippen molar-refractivity contribution >= 4 is 34.7 Å². The van der Waals surface area contributed by atoms with Crippen LogP contribution in [0.1, 0.15) is 0 Å². The van der Waals surface area contributed by atoms with Crippen LogP contribution < -0.4 is 5.32 Å². The Morgan fingerprint density at radius 2 is 2.06 bits per heavy atom. The number of nitriles is 1. The summed E-state index contributed by atoms with van der Waals surface area (Å²) in [7, 11) is 0. The number of halogens is 2. The van der Waals surface area contributed by atoms with Crippen LogP contribution in [-0.4, -0.2) is 11.7 Å². The van der Waals surface area contributed by atoms with E-state index in [1.54, 1.807) is 30.3 Å². The number of carbonyl (C=O) groups is 1. The fraction of sp³-hybridized carbons (Fsp3) is 0.0909. The molecule has 0 unspecified atom stereocenters. The minimum absolute atomic E-state index is 0.00931. The molecule has 0 aliphatic heterocycles. The molecule has 0 bridgehead atoms. The van der Waals surface area contributed by atoms with Crippen LogP contribution in [0.25, 0.3) is 0 Å². The van der Waals surface area contributed by atoms with Crippen molar-refractivity contribution < 1.29 is 4.79 Å². The van der Waals surface area contributed by atoms with E-state index in [0.717, 1.165) is 5.69 Å². The lowest BCUT2D eigenvalue weighted by Crippen LogP contribution is -2.04. The highest BCUT2D eigenvalue weighted by atomic mass is 35.5. The van der Waals surface area contributed by atoms with Gasteiger partial charge in [-0.2, -0.15) is 5.26 Å². The van der Waals surface area contributed by atoms with Gasteiger partial charge in [-0.3, -0.25) is 4.79 Å². The van der Waals surface area contributed by atoms with Gasteiger partial charge in [-0.25, -0.2) is 0 Å². The molecule has 0 radical (unpaired) electrons. The molecular weight excluding hydrogens is 247 g/mol. The number of benzene rings is 1. The summed E-state index contributed by atoms with van der Waals surface area (Å²) in [4.78, 5) is 11.1. The Balaban J connectivity index is 2.75. The molecule has 0 aromatic heterocycles. The van der Waals surface area contributed by atoms with E-state index in [1.165, 1.54) is 6.20 Å². The van der Waals surface area contributed by atoms with Crippen LogP contribution in [-0.2, 0) is 4.79 Å². The van der Waals surface area contributed by atoms with Gasteiger partial charge < -0.3 is 5.32 Å². The Bertz CT molecular complexity index is 446. The summed E-state index contributed by atoms with van der Waals surface area (Å²) in [6.07, 6.45) is 1.33. The Hall–Kier alpha value is -1.50. The molecule has 1 N–H and O–H groups in total. The number of rotatable bonds is 4. The highest BCUT2D eigenvalue weighted by Crippen LogP contribution is 2.13. The number of hydrogen-bond acceptors (Lipinski definition) is 3. The molecule has 16 heavy (non-hydrogen) atoms. The molecule has 0 aliphatic carbocycles. The Morgan fingerprint density at radius 1 is 1.44 bits per heavy atom. The number of anilines is 1. The lowest BCUT2D eigenvalue weighted by molar-refractivity contribution is -0.113. The molecule has 0 aliphatic rings. The van der Waals surface area contributed by atoms with Crippen molar-refractivity contribution in [3.8, 4) is 6.07 Å². The molecule has 82 valence electrons. The topological polar surface area (TPSA) is 52.9 Å². The number of Topliss-reactive ketones (excluding diaryl/α,β-unsaturated/α-hetero) is 1. The molecule has 0 amide bonds. The third-order valence-electron chi connectivity index (χ3n) is 1.77. The van der Waals surface area contributed by atoms with Gasteiger partial charge in [-0.15, -0.1) is 11.6 Å². The largest absolute Gasteiger partial charge is 0.360 e. The summed E-state index contributed by atoms with van der Waals surface area (Å²) in [5.74, 6) is -0.618. The first-order valence-corrected chi connectivity index (χ1v) is 5.30. The molecular formula is C11H8Cl2N2O. The summed E-state index contributed by atoms with van der Waals surface area (Å²) in [5, 5.41) is 12.1. The quantitative estimate of drug-likeness (QED) is 0.511. The molecule has 0 spiro atoms. The monoisotopic (exact) mass is 254 g/mol. The number of nitrogens with zero attached hydrogens (tertiary/aromatic N) is 1. The van der Waals surface area contributed by atoms with Crippen LogP contribution in [0, 0.1) is 11.3 Å². The maximum Gasteiger partial charge on any atom is 0.189 e. The fourth-order valence-electron chi connectivity index (χ4n) is 0.949. The zero-order valence-corrected chi connectivity index (χ0v) is 9.72. The van der Waals surface area contributed by atoms with Crippen LogP contribution in [0.4, 0.5) is 5.69 Å². The van der Waals surface area contributed by atoms with Crippen LogP contribution in [0.5, 0.6) is 0 Å². The van der Waals surface area contributed by atoms with Gasteiger partial charge in [0.2, 0.25) is 0 Å². The molecule has 3 nitrogen and oxygen atoms in total. The minimum Gasteiger partial charge on any atom is -0.360 e. The maximum absolute atomic E-state index is 11.1. The Morgan fingerprint density at radius 3 is 2.56 bits per heavy atom. The van der Waals surface area contributed by atoms with Gasteiger partial charge in [0.1, 0.15) is 11.6 Å². The van der Waals surface area contributed by atoms with E-state index in [4.69, 9.17) is 28.5 Å². The van der Waals surface area contributed by atoms with E-state index in [2.05, 4.69) is 5.32 Å². The lowest BCUT2D eigenvalue weighted by atomic mass is 10.2. The highest BCUT2D eigenvalue weighted by molar-refractivity contribution is 6.31.